The summed E-state index contributed by atoms with van der Waals surface area (Å²) >= 11 is 0. The molecule has 112 valence electrons. The number of esters is 1. The molecule has 0 spiro atoms. The number of aliphatic hydroxyl groups is 1. The first kappa shape index (κ1) is 15.0. The summed E-state index contributed by atoms with van der Waals surface area (Å²) in [7, 11) is 1.19. The quantitative estimate of drug-likeness (QED) is 0.860. The fraction of sp³-hybridized carbons (Fsp3) is 0.214. The summed E-state index contributed by atoms with van der Waals surface area (Å²) < 4.78 is 38.6. The van der Waals surface area contributed by atoms with Crippen molar-refractivity contribution in [1.82, 2.24) is 0 Å². The third-order valence-corrected chi connectivity index (χ3v) is 2.71. The molecule has 5 nitrogen and oxygen atoms in total. The van der Waals surface area contributed by atoms with Crippen LogP contribution in [0.2, 0.25) is 0 Å². The molecule has 1 unspecified atom stereocenters. The van der Waals surface area contributed by atoms with Gasteiger partial charge >= 0.3 is 12.6 Å². The number of ether oxygens (including phenoxy) is 2. The average Bonchev–Trinajstić information content (AvgIpc) is 2.95. The highest BCUT2D eigenvalue weighted by Gasteiger charge is 2.22. The fourth-order valence-corrected chi connectivity index (χ4v) is 1.77. The number of alkyl halides is 2. The number of rotatable bonds is 5. The molecule has 0 saturated carbocycles. The molecule has 0 aliphatic carbocycles. The summed E-state index contributed by atoms with van der Waals surface area (Å²) in [5.74, 6) is -0.957. The summed E-state index contributed by atoms with van der Waals surface area (Å²) in [5, 5.41) is 10.2. The zero-order chi connectivity index (χ0) is 15.4. The van der Waals surface area contributed by atoms with Gasteiger partial charge in [0.15, 0.2) is 0 Å². The molecule has 0 fully saturated rings. The molecule has 2 aromatic rings. The van der Waals surface area contributed by atoms with Crippen LogP contribution < -0.4 is 4.74 Å². The van der Waals surface area contributed by atoms with E-state index >= 15 is 0 Å². The molecule has 0 amide bonds. The summed E-state index contributed by atoms with van der Waals surface area (Å²) in [6.45, 7) is -3.01. The number of carbonyl (C=O) groups excluding carboxylic acids is 1. The van der Waals surface area contributed by atoms with Crippen LogP contribution in [0, 0.1) is 0 Å². The van der Waals surface area contributed by atoms with Crippen molar-refractivity contribution in [2.45, 2.75) is 12.7 Å². The van der Waals surface area contributed by atoms with E-state index in [4.69, 9.17) is 4.42 Å². The van der Waals surface area contributed by atoms with E-state index in [1.165, 1.54) is 37.4 Å². The Morgan fingerprint density at radius 2 is 1.95 bits per heavy atom. The van der Waals surface area contributed by atoms with Crippen LogP contribution in [-0.4, -0.2) is 24.8 Å². The first-order valence-corrected chi connectivity index (χ1v) is 5.92. The molecule has 0 aliphatic rings. The van der Waals surface area contributed by atoms with E-state index < -0.39 is 18.7 Å². The zero-order valence-electron chi connectivity index (χ0n) is 11.0. The number of halogens is 2. The Kier molecular flexibility index (Phi) is 4.54. The maximum atomic E-state index is 12.3. The van der Waals surface area contributed by atoms with Gasteiger partial charge in [0.05, 0.1) is 7.11 Å². The van der Waals surface area contributed by atoms with Gasteiger partial charge in [0.2, 0.25) is 5.76 Å². The predicted octanol–water partition coefficient (Wildman–Crippen LogP) is 2.75. The zero-order valence-corrected chi connectivity index (χ0v) is 11.0. The summed E-state index contributed by atoms with van der Waals surface area (Å²) in [6.07, 6.45) is -1.35. The standard InChI is InChI=1S/C14H12F2O5/c1-19-13(18)11-7-6-10(20-11)12(17)8-4-2-3-5-9(8)21-14(15)16/h2-7,12,14,17H,1H3. The van der Waals surface area contributed by atoms with Gasteiger partial charge in [0, 0.05) is 5.56 Å². The van der Waals surface area contributed by atoms with Crippen molar-refractivity contribution in [3.63, 3.8) is 0 Å². The lowest BCUT2D eigenvalue weighted by Gasteiger charge is -2.14. The number of carbonyl (C=O) groups is 1. The highest BCUT2D eigenvalue weighted by molar-refractivity contribution is 5.86. The largest absolute Gasteiger partial charge is 0.463 e. The van der Waals surface area contributed by atoms with Crippen LogP contribution in [-0.2, 0) is 4.74 Å². The van der Waals surface area contributed by atoms with Crippen LogP contribution in [0.25, 0.3) is 0 Å². The van der Waals surface area contributed by atoms with Gasteiger partial charge < -0.3 is 19.0 Å². The normalized spacial score (nSPS) is 12.2. The molecule has 0 aliphatic heterocycles. The smallest absolute Gasteiger partial charge is 0.387 e. The van der Waals surface area contributed by atoms with E-state index in [0.29, 0.717) is 0 Å². The van der Waals surface area contributed by atoms with Crippen molar-refractivity contribution in [3.05, 3.63) is 53.5 Å². The van der Waals surface area contributed by atoms with E-state index in [-0.39, 0.29) is 22.8 Å². The van der Waals surface area contributed by atoms with Crippen molar-refractivity contribution >= 4 is 5.97 Å². The van der Waals surface area contributed by atoms with Gasteiger partial charge in [-0.05, 0) is 18.2 Å². The molecule has 2 rings (SSSR count). The minimum atomic E-state index is -3.01. The van der Waals surface area contributed by atoms with Gasteiger partial charge in [0.1, 0.15) is 17.6 Å². The van der Waals surface area contributed by atoms with Crippen LogP contribution in [0.1, 0.15) is 28.0 Å². The van der Waals surface area contributed by atoms with Crippen LogP contribution in [0.15, 0.2) is 40.8 Å². The molecule has 0 saturated heterocycles. The van der Waals surface area contributed by atoms with Crippen molar-refractivity contribution in [3.8, 4) is 5.75 Å². The van der Waals surface area contributed by atoms with E-state index in [0.717, 1.165) is 0 Å². The van der Waals surface area contributed by atoms with E-state index in [1.807, 2.05) is 0 Å². The molecule has 7 heteroatoms. The number of aliphatic hydroxyl groups excluding tert-OH is 1. The molecule has 1 aromatic carbocycles. The predicted molar refractivity (Wildman–Crippen MR) is 67.2 cm³/mol. The van der Waals surface area contributed by atoms with Gasteiger partial charge in [-0.3, -0.25) is 0 Å². The second-order valence-electron chi connectivity index (χ2n) is 4.01. The average molecular weight is 298 g/mol. The van der Waals surface area contributed by atoms with Gasteiger partial charge in [-0.2, -0.15) is 8.78 Å². The van der Waals surface area contributed by atoms with Crippen LogP contribution in [0.3, 0.4) is 0 Å². The third-order valence-electron chi connectivity index (χ3n) is 2.71. The topological polar surface area (TPSA) is 68.9 Å². The molecular formula is C14H12F2O5. The molecular weight excluding hydrogens is 286 g/mol. The van der Waals surface area contributed by atoms with Gasteiger partial charge in [-0.15, -0.1) is 0 Å². The van der Waals surface area contributed by atoms with Crippen molar-refractivity contribution in [1.29, 1.82) is 0 Å². The van der Waals surface area contributed by atoms with Crippen molar-refractivity contribution in [2.24, 2.45) is 0 Å². The van der Waals surface area contributed by atoms with Crippen molar-refractivity contribution in [2.75, 3.05) is 7.11 Å². The number of benzene rings is 1. The highest BCUT2D eigenvalue weighted by Crippen LogP contribution is 2.31. The van der Waals surface area contributed by atoms with Gasteiger partial charge in [-0.25, -0.2) is 4.79 Å². The lowest BCUT2D eigenvalue weighted by Crippen LogP contribution is -2.07. The Bertz CT molecular complexity index is 623. The minimum absolute atomic E-state index is 0.0146. The van der Waals surface area contributed by atoms with E-state index in [2.05, 4.69) is 9.47 Å². The lowest BCUT2D eigenvalue weighted by molar-refractivity contribution is -0.0514. The maximum Gasteiger partial charge on any atom is 0.387 e. The van der Waals surface area contributed by atoms with Crippen LogP contribution in [0.5, 0.6) is 5.75 Å². The Morgan fingerprint density at radius 3 is 2.62 bits per heavy atom. The minimum Gasteiger partial charge on any atom is -0.463 e. The monoisotopic (exact) mass is 298 g/mol. The molecule has 1 heterocycles. The Balaban J connectivity index is 2.29. The molecule has 0 radical (unpaired) electrons. The first-order chi connectivity index (χ1) is 10.0. The lowest BCUT2D eigenvalue weighted by atomic mass is 10.1. The second kappa shape index (κ2) is 6.36. The second-order valence-corrected chi connectivity index (χ2v) is 4.01. The molecule has 1 aromatic heterocycles. The van der Waals surface area contributed by atoms with E-state index in [1.54, 1.807) is 6.07 Å². The molecule has 1 atom stereocenters. The van der Waals surface area contributed by atoms with Crippen molar-refractivity contribution < 1.29 is 32.6 Å². The fourth-order valence-electron chi connectivity index (χ4n) is 1.77. The number of hydrogen-bond donors (Lipinski definition) is 1. The van der Waals surface area contributed by atoms with Gasteiger partial charge in [-0.1, -0.05) is 18.2 Å². The first-order valence-electron chi connectivity index (χ1n) is 5.92. The Labute approximate surface area is 118 Å². The maximum absolute atomic E-state index is 12.3. The van der Waals surface area contributed by atoms with E-state index in [9.17, 15) is 18.7 Å². The number of furan rings is 1. The number of para-hydroxylation sites is 1. The summed E-state index contributed by atoms with van der Waals surface area (Å²) in [6, 6.07) is 8.45. The third kappa shape index (κ3) is 3.38. The Hall–Kier alpha value is -2.41. The number of hydrogen-bond acceptors (Lipinski definition) is 5. The molecule has 21 heavy (non-hydrogen) atoms. The van der Waals surface area contributed by atoms with Crippen LogP contribution >= 0.6 is 0 Å². The highest BCUT2D eigenvalue weighted by atomic mass is 19.3. The number of methoxy groups -OCH3 is 1. The Morgan fingerprint density at radius 1 is 1.24 bits per heavy atom. The SMILES string of the molecule is COC(=O)c1ccc(C(O)c2ccccc2OC(F)F)o1. The molecule has 0 bridgehead atoms. The molecule has 1 N–H and O–H groups in total. The summed E-state index contributed by atoms with van der Waals surface area (Å²) in [5.41, 5.74) is 0.101. The van der Waals surface area contributed by atoms with Crippen LogP contribution in [0.4, 0.5) is 8.78 Å². The van der Waals surface area contributed by atoms with Gasteiger partial charge in [0.25, 0.3) is 0 Å². The summed E-state index contributed by atoms with van der Waals surface area (Å²) in [4.78, 5) is 11.3.